The van der Waals surface area contributed by atoms with Crippen molar-refractivity contribution in [2.45, 2.75) is 25.1 Å². The van der Waals surface area contributed by atoms with Crippen molar-refractivity contribution in [2.24, 2.45) is 0 Å². The van der Waals surface area contributed by atoms with E-state index in [0.717, 1.165) is 18.4 Å². The van der Waals surface area contributed by atoms with Crippen LogP contribution < -0.4 is 14.8 Å². The Balaban J connectivity index is 1.18. The quantitative estimate of drug-likeness (QED) is 0.288. The summed E-state index contributed by atoms with van der Waals surface area (Å²) in [6.07, 6.45) is -0.723. The van der Waals surface area contributed by atoms with Crippen LogP contribution in [0, 0.1) is 0 Å². The zero-order valence-electron chi connectivity index (χ0n) is 21.2. The number of alkyl halides is 3. The van der Waals surface area contributed by atoms with Crippen LogP contribution in [0.2, 0.25) is 0 Å². The van der Waals surface area contributed by atoms with Crippen LogP contribution in [0.25, 0.3) is 10.9 Å². The van der Waals surface area contributed by atoms with Crippen LogP contribution in [-0.4, -0.2) is 59.6 Å². The standard InChI is InChI=1S/C26H25F3N6O4S/c1-40(37,38)34-19-5-6-21-16(13-19)14-22(32-21)24(36)35-11-8-18(9-12-35)31-25-30-10-7-23(33-25)39-20-4-2-3-17(15-20)26(27,28)29/h2-7,10,13-15,18,32,34H,8-9,11-12H2,1H3,(H,30,31,33). The average Bonchev–Trinajstić information content (AvgIpc) is 3.31. The van der Waals surface area contributed by atoms with Gasteiger partial charge in [0.15, 0.2) is 0 Å². The summed E-state index contributed by atoms with van der Waals surface area (Å²) < 4.78 is 69.9. The van der Waals surface area contributed by atoms with Gasteiger partial charge in [-0.3, -0.25) is 9.52 Å². The van der Waals surface area contributed by atoms with Crippen molar-refractivity contribution in [1.82, 2.24) is 19.9 Å². The lowest BCUT2D eigenvalue weighted by molar-refractivity contribution is -0.137. The minimum absolute atomic E-state index is 0.00570. The first-order valence-electron chi connectivity index (χ1n) is 12.3. The second-order valence-electron chi connectivity index (χ2n) is 9.42. The molecular weight excluding hydrogens is 549 g/mol. The Kier molecular flexibility index (Phi) is 7.27. The summed E-state index contributed by atoms with van der Waals surface area (Å²) in [6.45, 7) is 0.959. The fourth-order valence-electron chi connectivity index (χ4n) is 4.43. The van der Waals surface area contributed by atoms with Crippen LogP contribution >= 0.6 is 0 Å². The van der Waals surface area contributed by atoms with Crippen molar-refractivity contribution in [2.75, 3.05) is 29.4 Å². The lowest BCUT2D eigenvalue weighted by Gasteiger charge is -2.32. The van der Waals surface area contributed by atoms with Gasteiger partial charge < -0.3 is 19.9 Å². The molecule has 10 nitrogen and oxygen atoms in total. The van der Waals surface area contributed by atoms with Crippen LogP contribution in [0.5, 0.6) is 11.6 Å². The average molecular weight is 575 g/mol. The van der Waals surface area contributed by atoms with E-state index in [4.69, 9.17) is 4.74 Å². The molecule has 40 heavy (non-hydrogen) atoms. The van der Waals surface area contributed by atoms with Crippen LogP contribution in [0.15, 0.2) is 60.8 Å². The predicted molar refractivity (Wildman–Crippen MR) is 143 cm³/mol. The lowest BCUT2D eigenvalue weighted by atomic mass is 10.0. The highest BCUT2D eigenvalue weighted by Crippen LogP contribution is 2.32. The van der Waals surface area contributed by atoms with E-state index in [1.165, 1.54) is 24.4 Å². The zero-order valence-corrected chi connectivity index (χ0v) is 22.0. The molecule has 1 saturated heterocycles. The molecule has 1 fully saturated rings. The summed E-state index contributed by atoms with van der Waals surface area (Å²) in [4.78, 5) is 26.4. The van der Waals surface area contributed by atoms with E-state index >= 15 is 0 Å². The highest BCUT2D eigenvalue weighted by atomic mass is 32.2. The van der Waals surface area contributed by atoms with E-state index in [9.17, 15) is 26.4 Å². The summed E-state index contributed by atoms with van der Waals surface area (Å²) in [6, 6.07) is 12.6. The van der Waals surface area contributed by atoms with Crippen LogP contribution in [0.4, 0.5) is 24.8 Å². The first-order chi connectivity index (χ1) is 18.9. The lowest BCUT2D eigenvalue weighted by Crippen LogP contribution is -2.42. The van der Waals surface area contributed by atoms with Crippen molar-refractivity contribution >= 4 is 38.5 Å². The molecule has 0 spiro atoms. The normalized spacial score (nSPS) is 14.8. The van der Waals surface area contributed by atoms with E-state index in [0.29, 0.717) is 48.2 Å². The van der Waals surface area contributed by atoms with Gasteiger partial charge in [-0.05, 0) is 55.3 Å². The van der Waals surface area contributed by atoms with Gasteiger partial charge in [0, 0.05) is 48.0 Å². The number of hydrogen-bond acceptors (Lipinski definition) is 7. The molecule has 0 unspecified atom stereocenters. The van der Waals surface area contributed by atoms with Crippen molar-refractivity contribution in [3.63, 3.8) is 0 Å². The predicted octanol–water partition coefficient (Wildman–Crippen LogP) is 4.86. The summed E-state index contributed by atoms with van der Waals surface area (Å²) in [5.41, 5.74) is 0.704. The fraction of sp³-hybridized carbons (Fsp3) is 0.269. The first kappa shape index (κ1) is 27.2. The summed E-state index contributed by atoms with van der Waals surface area (Å²) >= 11 is 0. The number of piperidine rings is 1. The molecule has 0 aliphatic carbocycles. The minimum Gasteiger partial charge on any atom is -0.439 e. The Morgan fingerprint density at radius 2 is 1.88 bits per heavy atom. The summed E-state index contributed by atoms with van der Waals surface area (Å²) in [7, 11) is -3.42. The SMILES string of the molecule is CS(=O)(=O)Nc1ccc2[nH]c(C(=O)N3CCC(Nc4nccc(Oc5cccc(C(F)(F)F)c5)n4)CC3)cc2c1. The number of sulfonamides is 1. The number of H-pyrrole nitrogens is 1. The molecule has 1 aliphatic rings. The number of nitrogens with one attached hydrogen (secondary N) is 3. The van der Waals surface area contributed by atoms with Gasteiger partial charge in [-0.2, -0.15) is 18.2 Å². The third-order valence-corrected chi connectivity index (χ3v) is 6.89. The van der Waals surface area contributed by atoms with E-state index in [2.05, 4.69) is 25.0 Å². The molecule has 5 rings (SSSR count). The van der Waals surface area contributed by atoms with Gasteiger partial charge in [0.05, 0.1) is 11.8 Å². The number of anilines is 2. The summed E-state index contributed by atoms with van der Waals surface area (Å²) in [5.74, 6) is 0.202. The van der Waals surface area contributed by atoms with Gasteiger partial charge in [-0.25, -0.2) is 13.4 Å². The van der Waals surface area contributed by atoms with Crippen molar-refractivity contribution in [3.05, 3.63) is 72.1 Å². The molecule has 4 aromatic rings. The highest BCUT2D eigenvalue weighted by Gasteiger charge is 2.31. The number of carbonyl (C=O) groups is 1. The zero-order chi connectivity index (χ0) is 28.5. The number of rotatable bonds is 7. The Bertz CT molecular complexity index is 1650. The molecule has 2 aromatic heterocycles. The molecule has 1 amide bonds. The number of nitrogens with zero attached hydrogens (tertiary/aromatic N) is 3. The first-order valence-corrected chi connectivity index (χ1v) is 14.2. The second-order valence-corrected chi connectivity index (χ2v) is 11.2. The second kappa shape index (κ2) is 10.7. The Labute approximate surface area is 227 Å². The number of aromatic amines is 1. The number of aromatic nitrogens is 3. The Morgan fingerprint density at radius 1 is 1.10 bits per heavy atom. The number of hydrogen-bond donors (Lipinski definition) is 3. The molecule has 0 bridgehead atoms. The minimum atomic E-state index is -4.48. The van der Waals surface area contributed by atoms with Gasteiger partial charge in [-0.1, -0.05) is 6.07 Å². The third kappa shape index (κ3) is 6.62. The molecule has 0 radical (unpaired) electrons. The topological polar surface area (TPSA) is 129 Å². The van der Waals surface area contributed by atoms with Gasteiger partial charge in [0.25, 0.3) is 5.91 Å². The van der Waals surface area contributed by atoms with Crippen LogP contribution in [0.3, 0.4) is 0 Å². The smallest absolute Gasteiger partial charge is 0.416 e. The van der Waals surface area contributed by atoms with Crippen LogP contribution in [0.1, 0.15) is 28.9 Å². The molecule has 0 saturated carbocycles. The highest BCUT2D eigenvalue weighted by molar-refractivity contribution is 7.92. The third-order valence-electron chi connectivity index (χ3n) is 6.28. The molecule has 210 valence electrons. The monoisotopic (exact) mass is 574 g/mol. The maximum Gasteiger partial charge on any atom is 0.416 e. The number of amides is 1. The molecule has 3 heterocycles. The van der Waals surface area contributed by atoms with E-state index < -0.39 is 21.8 Å². The van der Waals surface area contributed by atoms with Crippen molar-refractivity contribution in [3.8, 4) is 11.6 Å². The van der Waals surface area contributed by atoms with Crippen LogP contribution in [-0.2, 0) is 16.2 Å². The van der Waals surface area contributed by atoms with Gasteiger partial charge in [-0.15, -0.1) is 0 Å². The van der Waals surface area contributed by atoms with E-state index in [1.54, 1.807) is 29.2 Å². The molecule has 1 aliphatic heterocycles. The molecular formula is C26H25F3N6O4S. The maximum atomic E-state index is 13.1. The number of likely N-dealkylation sites (tertiary alicyclic amines) is 1. The number of carbonyl (C=O) groups excluding carboxylic acids is 1. The largest absolute Gasteiger partial charge is 0.439 e. The number of ether oxygens (including phenoxy) is 1. The summed E-state index contributed by atoms with van der Waals surface area (Å²) in [5, 5.41) is 3.91. The van der Waals surface area contributed by atoms with Crippen molar-refractivity contribution in [1.29, 1.82) is 0 Å². The Hall–Kier alpha value is -4.33. The molecule has 2 aromatic carbocycles. The van der Waals surface area contributed by atoms with Gasteiger partial charge in [0.2, 0.25) is 21.9 Å². The number of benzene rings is 2. The van der Waals surface area contributed by atoms with E-state index in [-0.39, 0.29) is 29.5 Å². The fourth-order valence-corrected chi connectivity index (χ4v) is 4.99. The maximum absolute atomic E-state index is 13.1. The van der Waals surface area contributed by atoms with E-state index in [1.807, 2.05) is 0 Å². The molecule has 14 heteroatoms. The van der Waals surface area contributed by atoms with Gasteiger partial charge >= 0.3 is 6.18 Å². The molecule has 0 atom stereocenters. The molecule has 3 N–H and O–H groups in total. The van der Waals surface area contributed by atoms with Gasteiger partial charge in [0.1, 0.15) is 11.4 Å². The van der Waals surface area contributed by atoms with Crippen molar-refractivity contribution < 1.29 is 31.1 Å². The Morgan fingerprint density at radius 3 is 2.60 bits per heavy atom. The number of halogens is 3. The number of fused-ring (bicyclic) bond motifs is 1.